The molecule has 144 valence electrons. The summed E-state index contributed by atoms with van der Waals surface area (Å²) in [7, 11) is 1.38. The average Bonchev–Trinajstić information content (AvgIpc) is 3.34. The number of H-pyrrole nitrogens is 1. The molecule has 1 unspecified atom stereocenters. The van der Waals surface area contributed by atoms with Crippen molar-refractivity contribution in [1.29, 1.82) is 0 Å². The number of hydrogen-bond acceptors (Lipinski definition) is 5. The molecule has 3 N–H and O–H groups in total. The first-order valence-electron chi connectivity index (χ1n) is 9.23. The van der Waals surface area contributed by atoms with Gasteiger partial charge in [-0.3, -0.25) is 9.69 Å². The number of hydrogen-bond donors (Lipinski definition) is 2. The zero-order valence-electron chi connectivity index (χ0n) is 15.6. The van der Waals surface area contributed by atoms with Crippen molar-refractivity contribution in [1.82, 2.24) is 14.9 Å². The minimum absolute atomic E-state index is 0.280. The number of aromatic nitrogens is 2. The summed E-state index contributed by atoms with van der Waals surface area (Å²) in [6.07, 6.45) is 0.992. The molecule has 2 aromatic carbocycles. The molecule has 3 aromatic rings. The predicted octanol–water partition coefficient (Wildman–Crippen LogP) is 2.44. The van der Waals surface area contributed by atoms with Crippen LogP contribution in [-0.2, 0) is 11.3 Å². The van der Waals surface area contributed by atoms with Gasteiger partial charge in [0.1, 0.15) is 11.3 Å². The van der Waals surface area contributed by atoms with E-state index in [1.165, 1.54) is 7.11 Å². The number of para-hydroxylation sites is 1. The number of primary amides is 1. The Morgan fingerprint density at radius 2 is 2.04 bits per heavy atom. The Hall–Kier alpha value is -3.19. The number of amides is 1. The SMILES string of the molecule is COC(=O)c1ccc(CN2CCC(c3nc4c(C(N)=O)cccc4[nH]3)C2)cc1. The van der Waals surface area contributed by atoms with E-state index in [0.717, 1.165) is 43.0 Å². The number of benzene rings is 2. The molecule has 0 spiro atoms. The van der Waals surface area contributed by atoms with Crippen molar-refractivity contribution in [2.45, 2.75) is 18.9 Å². The first kappa shape index (κ1) is 18.2. The number of nitrogens with zero attached hydrogens (tertiary/aromatic N) is 2. The second-order valence-electron chi connectivity index (χ2n) is 7.10. The third-order valence-corrected chi connectivity index (χ3v) is 5.24. The maximum absolute atomic E-state index is 11.6. The number of ether oxygens (including phenoxy) is 1. The number of likely N-dealkylation sites (tertiary alicyclic amines) is 1. The fraction of sp³-hybridized carbons (Fsp3) is 0.286. The maximum Gasteiger partial charge on any atom is 0.337 e. The van der Waals surface area contributed by atoms with Gasteiger partial charge in [0, 0.05) is 19.0 Å². The molecule has 7 heteroatoms. The summed E-state index contributed by atoms with van der Waals surface area (Å²) in [5, 5.41) is 0. The van der Waals surface area contributed by atoms with Crippen LogP contribution in [0.3, 0.4) is 0 Å². The zero-order valence-corrected chi connectivity index (χ0v) is 15.6. The average molecular weight is 378 g/mol. The first-order valence-corrected chi connectivity index (χ1v) is 9.23. The van der Waals surface area contributed by atoms with Crippen molar-refractivity contribution in [3.63, 3.8) is 0 Å². The second kappa shape index (κ2) is 7.44. The van der Waals surface area contributed by atoms with Crippen LogP contribution >= 0.6 is 0 Å². The summed E-state index contributed by atoms with van der Waals surface area (Å²) in [5.74, 6) is 0.384. The molecule has 0 bridgehead atoms. The lowest BCUT2D eigenvalue weighted by atomic mass is 10.1. The Morgan fingerprint density at radius 3 is 2.75 bits per heavy atom. The molecule has 7 nitrogen and oxygen atoms in total. The van der Waals surface area contributed by atoms with Crippen molar-refractivity contribution in [2.24, 2.45) is 5.73 Å². The van der Waals surface area contributed by atoms with E-state index in [-0.39, 0.29) is 11.9 Å². The molecular weight excluding hydrogens is 356 g/mol. The molecule has 4 rings (SSSR count). The van der Waals surface area contributed by atoms with Crippen LogP contribution in [0.2, 0.25) is 0 Å². The van der Waals surface area contributed by atoms with Gasteiger partial charge in [-0.15, -0.1) is 0 Å². The van der Waals surface area contributed by atoms with Crippen molar-refractivity contribution in [3.05, 3.63) is 65.0 Å². The van der Waals surface area contributed by atoms with E-state index >= 15 is 0 Å². The van der Waals surface area contributed by atoms with E-state index in [0.29, 0.717) is 16.6 Å². The molecule has 0 saturated carbocycles. The van der Waals surface area contributed by atoms with Gasteiger partial charge in [0.05, 0.1) is 23.8 Å². The number of imidazole rings is 1. The monoisotopic (exact) mass is 378 g/mol. The number of aromatic amines is 1. The van der Waals surface area contributed by atoms with E-state index in [1.54, 1.807) is 18.2 Å². The van der Waals surface area contributed by atoms with Gasteiger partial charge >= 0.3 is 5.97 Å². The number of fused-ring (bicyclic) bond motifs is 1. The molecule has 0 radical (unpaired) electrons. The zero-order chi connectivity index (χ0) is 19.7. The Labute approximate surface area is 162 Å². The van der Waals surface area contributed by atoms with Crippen LogP contribution in [0.1, 0.15) is 44.4 Å². The Morgan fingerprint density at radius 1 is 1.25 bits per heavy atom. The third-order valence-electron chi connectivity index (χ3n) is 5.24. The highest BCUT2D eigenvalue weighted by atomic mass is 16.5. The van der Waals surface area contributed by atoms with Gasteiger partial charge in [0.25, 0.3) is 5.91 Å². The lowest BCUT2D eigenvalue weighted by molar-refractivity contribution is 0.0600. The number of nitrogens with two attached hydrogens (primary N) is 1. The first-order chi connectivity index (χ1) is 13.5. The standard InChI is InChI=1S/C21H22N4O3/c1-28-21(27)14-7-5-13(6-8-14)11-25-10-9-15(12-25)20-23-17-4-2-3-16(19(22)26)18(17)24-20/h2-8,15H,9-12H2,1H3,(H2,22,26)(H,23,24). The van der Waals surface area contributed by atoms with Crippen molar-refractivity contribution in [2.75, 3.05) is 20.2 Å². The molecule has 1 aromatic heterocycles. The van der Waals surface area contributed by atoms with Gasteiger partial charge in [-0.1, -0.05) is 18.2 Å². The lowest BCUT2D eigenvalue weighted by Gasteiger charge is -2.15. The minimum Gasteiger partial charge on any atom is -0.465 e. The molecular formula is C21H22N4O3. The molecule has 1 atom stereocenters. The fourth-order valence-corrected chi connectivity index (χ4v) is 3.77. The van der Waals surface area contributed by atoms with Gasteiger partial charge in [0.2, 0.25) is 0 Å². The number of methoxy groups -OCH3 is 1. The number of carbonyl (C=O) groups excluding carboxylic acids is 2. The van der Waals surface area contributed by atoms with Gasteiger partial charge in [-0.05, 0) is 42.8 Å². The summed E-state index contributed by atoms with van der Waals surface area (Å²) in [4.78, 5) is 33.5. The van der Waals surface area contributed by atoms with Crippen LogP contribution in [0, 0.1) is 0 Å². The predicted molar refractivity (Wildman–Crippen MR) is 105 cm³/mol. The van der Waals surface area contributed by atoms with Crippen LogP contribution in [0.4, 0.5) is 0 Å². The Bertz CT molecular complexity index is 1030. The molecule has 0 aliphatic carbocycles. The van der Waals surface area contributed by atoms with Crippen molar-refractivity contribution in [3.8, 4) is 0 Å². The number of carbonyl (C=O) groups is 2. The fourth-order valence-electron chi connectivity index (χ4n) is 3.77. The third kappa shape index (κ3) is 3.48. The van der Waals surface area contributed by atoms with E-state index in [2.05, 4.69) is 14.9 Å². The van der Waals surface area contributed by atoms with Crippen LogP contribution in [0.15, 0.2) is 42.5 Å². The lowest BCUT2D eigenvalue weighted by Crippen LogP contribution is -2.20. The van der Waals surface area contributed by atoms with Crippen molar-refractivity contribution >= 4 is 22.9 Å². The van der Waals surface area contributed by atoms with E-state index in [9.17, 15) is 9.59 Å². The topological polar surface area (TPSA) is 101 Å². The Balaban J connectivity index is 1.45. The summed E-state index contributed by atoms with van der Waals surface area (Å²) >= 11 is 0. The largest absolute Gasteiger partial charge is 0.465 e. The molecule has 28 heavy (non-hydrogen) atoms. The van der Waals surface area contributed by atoms with E-state index in [1.807, 2.05) is 24.3 Å². The highest BCUT2D eigenvalue weighted by Gasteiger charge is 2.27. The summed E-state index contributed by atoms with van der Waals surface area (Å²) in [5.41, 5.74) is 9.08. The second-order valence-corrected chi connectivity index (χ2v) is 7.10. The van der Waals surface area contributed by atoms with Gasteiger partial charge < -0.3 is 15.5 Å². The van der Waals surface area contributed by atoms with Crippen LogP contribution in [-0.4, -0.2) is 46.9 Å². The number of nitrogens with one attached hydrogen (secondary N) is 1. The van der Waals surface area contributed by atoms with Gasteiger partial charge in [-0.2, -0.15) is 0 Å². The highest BCUT2D eigenvalue weighted by molar-refractivity contribution is 6.04. The molecule has 1 aliphatic heterocycles. The molecule has 1 amide bonds. The summed E-state index contributed by atoms with van der Waals surface area (Å²) in [6.45, 7) is 2.65. The minimum atomic E-state index is -0.466. The Kier molecular flexibility index (Phi) is 4.83. The molecule has 1 aliphatic rings. The van der Waals surface area contributed by atoms with E-state index in [4.69, 9.17) is 10.5 Å². The van der Waals surface area contributed by atoms with Crippen LogP contribution < -0.4 is 5.73 Å². The van der Waals surface area contributed by atoms with Crippen molar-refractivity contribution < 1.29 is 14.3 Å². The van der Waals surface area contributed by atoms with Crippen LogP contribution in [0.25, 0.3) is 11.0 Å². The van der Waals surface area contributed by atoms with Gasteiger partial charge in [0.15, 0.2) is 0 Å². The molecule has 2 heterocycles. The molecule has 1 saturated heterocycles. The quantitative estimate of drug-likeness (QED) is 0.664. The van der Waals surface area contributed by atoms with E-state index < -0.39 is 5.91 Å². The highest BCUT2D eigenvalue weighted by Crippen LogP contribution is 2.28. The molecule has 1 fully saturated rings. The summed E-state index contributed by atoms with van der Waals surface area (Å²) < 4.78 is 4.73. The number of rotatable bonds is 5. The summed E-state index contributed by atoms with van der Waals surface area (Å²) in [6, 6.07) is 12.9. The number of esters is 1. The smallest absolute Gasteiger partial charge is 0.337 e. The normalized spacial score (nSPS) is 17.1. The van der Waals surface area contributed by atoms with Crippen LogP contribution in [0.5, 0.6) is 0 Å². The maximum atomic E-state index is 11.6. The van der Waals surface area contributed by atoms with Gasteiger partial charge in [-0.25, -0.2) is 9.78 Å².